The van der Waals surface area contributed by atoms with Gasteiger partial charge in [0, 0.05) is 5.69 Å². The summed E-state index contributed by atoms with van der Waals surface area (Å²) in [5.41, 5.74) is 1.80. The Morgan fingerprint density at radius 1 is 0.941 bits per heavy atom. The fraction of sp³-hybridized carbons (Fsp3) is 0.240. The van der Waals surface area contributed by atoms with Crippen LogP contribution in [-0.4, -0.2) is 20.4 Å². The molecule has 0 aliphatic heterocycles. The van der Waals surface area contributed by atoms with Gasteiger partial charge >= 0.3 is 0 Å². The first-order valence-corrected chi connectivity index (χ1v) is 12.8. The van der Waals surface area contributed by atoms with E-state index in [0.29, 0.717) is 11.4 Å². The molecule has 0 saturated heterocycles. The standard InChI is InChI=1S/C25H26Cl2N2O4S/c1-16(33-19-12-8-17(9-13-19)25(2,3)4)24(30)28-18-10-14-20(15-11-18)34(31,32)29-22-7-5-6-21(26)23(22)27/h5-16,29H,1-4H3,(H,28,30)/t16-/m1/s1. The minimum absolute atomic E-state index is 0.00442. The van der Waals surface area contributed by atoms with Gasteiger partial charge in [0.05, 0.1) is 20.6 Å². The highest BCUT2D eigenvalue weighted by Gasteiger charge is 2.19. The van der Waals surface area contributed by atoms with E-state index < -0.39 is 16.1 Å². The van der Waals surface area contributed by atoms with Gasteiger partial charge in [0.25, 0.3) is 15.9 Å². The predicted octanol–water partition coefficient (Wildman–Crippen LogP) is 6.50. The van der Waals surface area contributed by atoms with Crippen LogP contribution in [0.5, 0.6) is 5.75 Å². The van der Waals surface area contributed by atoms with Crippen LogP contribution in [0.3, 0.4) is 0 Å². The molecule has 0 spiro atoms. The zero-order chi connectivity index (χ0) is 25.1. The molecular formula is C25H26Cl2N2O4S. The van der Waals surface area contributed by atoms with Crippen molar-refractivity contribution in [3.63, 3.8) is 0 Å². The molecule has 0 bridgehead atoms. The van der Waals surface area contributed by atoms with Gasteiger partial charge in [-0.3, -0.25) is 9.52 Å². The summed E-state index contributed by atoms with van der Waals surface area (Å²) in [6.45, 7) is 8.01. The number of carbonyl (C=O) groups is 1. The number of anilines is 2. The van der Waals surface area contributed by atoms with Crippen LogP contribution >= 0.6 is 23.2 Å². The number of amides is 1. The fourth-order valence-electron chi connectivity index (χ4n) is 3.04. The van der Waals surface area contributed by atoms with Crippen LogP contribution in [0.4, 0.5) is 11.4 Å². The van der Waals surface area contributed by atoms with Crippen molar-refractivity contribution in [2.45, 2.75) is 44.1 Å². The van der Waals surface area contributed by atoms with Gasteiger partial charge in [0.2, 0.25) is 0 Å². The highest BCUT2D eigenvalue weighted by molar-refractivity contribution is 7.92. The molecule has 0 aromatic heterocycles. The van der Waals surface area contributed by atoms with Crippen molar-refractivity contribution in [3.05, 3.63) is 82.3 Å². The Hall–Kier alpha value is -2.74. The molecule has 0 radical (unpaired) electrons. The van der Waals surface area contributed by atoms with Crippen LogP contribution in [0, 0.1) is 0 Å². The van der Waals surface area contributed by atoms with Crippen molar-refractivity contribution >= 4 is 50.5 Å². The van der Waals surface area contributed by atoms with Crippen molar-refractivity contribution in [1.29, 1.82) is 0 Å². The Balaban J connectivity index is 1.63. The summed E-state index contributed by atoms with van der Waals surface area (Å²) in [5.74, 6) is 0.224. The number of carbonyl (C=O) groups excluding carboxylic acids is 1. The molecular weight excluding hydrogens is 495 g/mol. The molecule has 2 N–H and O–H groups in total. The van der Waals surface area contributed by atoms with Crippen LogP contribution in [-0.2, 0) is 20.2 Å². The van der Waals surface area contributed by atoms with Crippen molar-refractivity contribution in [1.82, 2.24) is 0 Å². The molecule has 1 atom stereocenters. The third-order valence-corrected chi connectivity index (χ3v) is 7.23. The van der Waals surface area contributed by atoms with E-state index in [1.807, 2.05) is 24.3 Å². The van der Waals surface area contributed by atoms with Crippen LogP contribution < -0.4 is 14.8 Å². The van der Waals surface area contributed by atoms with Crippen molar-refractivity contribution in [2.75, 3.05) is 10.0 Å². The first-order chi connectivity index (χ1) is 15.9. The topological polar surface area (TPSA) is 84.5 Å². The number of sulfonamides is 1. The van der Waals surface area contributed by atoms with E-state index in [4.69, 9.17) is 27.9 Å². The minimum atomic E-state index is -3.90. The van der Waals surface area contributed by atoms with Gasteiger partial charge < -0.3 is 10.1 Å². The summed E-state index contributed by atoms with van der Waals surface area (Å²) in [5, 5.41) is 3.07. The van der Waals surface area contributed by atoms with E-state index in [0.717, 1.165) is 0 Å². The average Bonchev–Trinajstić information content (AvgIpc) is 2.77. The van der Waals surface area contributed by atoms with E-state index in [-0.39, 0.29) is 32.0 Å². The van der Waals surface area contributed by atoms with Gasteiger partial charge in [-0.2, -0.15) is 0 Å². The number of hydrogen-bond donors (Lipinski definition) is 2. The van der Waals surface area contributed by atoms with E-state index in [2.05, 4.69) is 30.8 Å². The first-order valence-electron chi connectivity index (χ1n) is 10.5. The third-order valence-electron chi connectivity index (χ3n) is 5.03. The fourth-order valence-corrected chi connectivity index (χ4v) is 4.51. The van der Waals surface area contributed by atoms with E-state index in [1.54, 1.807) is 19.1 Å². The van der Waals surface area contributed by atoms with Gasteiger partial charge in [-0.25, -0.2) is 8.42 Å². The first kappa shape index (κ1) is 25.9. The molecule has 3 rings (SSSR count). The van der Waals surface area contributed by atoms with E-state index in [9.17, 15) is 13.2 Å². The average molecular weight is 521 g/mol. The van der Waals surface area contributed by atoms with Gasteiger partial charge in [-0.1, -0.05) is 62.2 Å². The number of halogens is 2. The summed E-state index contributed by atoms with van der Waals surface area (Å²) in [7, 11) is -3.90. The van der Waals surface area contributed by atoms with Gasteiger partial charge in [0.1, 0.15) is 5.75 Å². The molecule has 9 heteroatoms. The molecule has 0 heterocycles. The Kier molecular flexibility index (Phi) is 7.81. The molecule has 0 unspecified atom stereocenters. The maximum atomic E-state index is 12.7. The smallest absolute Gasteiger partial charge is 0.265 e. The summed E-state index contributed by atoms with van der Waals surface area (Å²) in [6.07, 6.45) is -0.754. The highest BCUT2D eigenvalue weighted by Crippen LogP contribution is 2.31. The Morgan fingerprint density at radius 3 is 2.15 bits per heavy atom. The van der Waals surface area contributed by atoms with Crippen LogP contribution in [0.2, 0.25) is 10.0 Å². The van der Waals surface area contributed by atoms with E-state index in [1.165, 1.54) is 35.9 Å². The lowest BCUT2D eigenvalue weighted by molar-refractivity contribution is -0.122. The third kappa shape index (κ3) is 6.44. The molecule has 3 aromatic rings. The van der Waals surface area contributed by atoms with Crippen LogP contribution in [0.15, 0.2) is 71.6 Å². The Labute approximate surface area is 210 Å². The van der Waals surface area contributed by atoms with E-state index >= 15 is 0 Å². The zero-order valence-corrected chi connectivity index (χ0v) is 21.6. The predicted molar refractivity (Wildman–Crippen MR) is 138 cm³/mol. The monoisotopic (exact) mass is 520 g/mol. The number of ether oxygens (including phenoxy) is 1. The lowest BCUT2D eigenvalue weighted by atomic mass is 9.87. The molecule has 0 saturated carbocycles. The Morgan fingerprint density at radius 2 is 1.56 bits per heavy atom. The molecule has 180 valence electrons. The number of benzene rings is 3. The normalized spacial score (nSPS) is 12.6. The van der Waals surface area contributed by atoms with Crippen molar-refractivity contribution < 1.29 is 17.9 Å². The molecule has 0 aliphatic rings. The maximum absolute atomic E-state index is 12.7. The lowest BCUT2D eigenvalue weighted by Gasteiger charge is -2.20. The lowest BCUT2D eigenvalue weighted by Crippen LogP contribution is -2.30. The number of nitrogens with one attached hydrogen (secondary N) is 2. The quantitative estimate of drug-likeness (QED) is 0.372. The van der Waals surface area contributed by atoms with Gasteiger partial charge in [-0.15, -0.1) is 0 Å². The number of rotatable bonds is 7. The minimum Gasteiger partial charge on any atom is -0.481 e. The summed E-state index contributed by atoms with van der Waals surface area (Å²) < 4.78 is 33.5. The summed E-state index contributed by atoms with van der Waals surface area (Å²) in [6, 6.07) is 18.0. The summed E-state index contributed by atoms with van der Waals surface area (Å²) >= 11 is 12.0. The second-order valence-corrected chi connectivity index (χ2v) is 11.2. The van der Waals surface area contributed by atoms with Crippen LogP contribution in [0.1, 0.15) is 33.3 Å². The van der Waals surface area contributed by atoms with Gasteiger partial charge in [-0.05, 0) is 66.4 Å². The molecule has 0 aliphatic carbocycles. The molecule has 34 heavy (non-hydrogen) atoms. The molecule has 1 amide bonds. The second-order valence-electron chi connectivity index (χ2n) is 8.75. The SMILES string of the molecule is C[C@@H](Oc1ccc(C(C)(C)C)cc1)C(=O)Nc1ccc(S(=O)(=O)Nc2cccc(Cl)c2Cl)cc1. The van der Waals surface area contributed by atoms with Gasteiger partial charge in [0.15, 0.2) is 6.10 Å². The zero-order valence-electron chi connectivity index (χ0n) is 19.2. The summed E-state index contributed by atoms with van der Waals surface area (Å²) in [4.78, 5) is 12.5. The Bertz CT molecular complexity index is 1270. The maximum Gasteiger partial charge on any atom is 0.265 e. The molecule has 3 aromatic carbocycles. The number of hydrogen-bond acceptors (Lipinski definition) is 4. The molecule has 0 fully saturated rings. The second kappa shape index (κ2) is 10.3. The largest absolute Gasteiger partial charge is 0.481 e. The van der Waals surface area contributed by atoms with Crippen molar-refractivity contribution in [2.24, 2.45) is 0 Å². The van der Waals surface area contributed by atoms with Crippen molar-refractivity contribution in [3.8, 4) is 5.75 Å². The van der Waals surface area contributed by atoms with Crippen LogP contribution in [0.25, 0.3) is 0 Å². The molecule has 6 nitrogen and oxygen atoms in total. The highest BCUT2D eigenvalue weighted by atomic mass is 35.5.